The number of hydrazine groups is 1. The Bertz CT molecular complexity index is 528. The first-order valence-corrected chi connectivity index (χ1v) is 4.72. The number of anilines is 1. The van der Waals surface area contributed by atoms with Crippen LogP contribution in [0.2, 0.25) is 5.02 Å². The molecule has 0 atom stereocenters. The molecule has 2 aromatic rings. The fourth-order valence-electron chi connectivity index (χ4n) is 1.50. The summed E-state index contributed by atoms with van der Waals surface area (Å²) in [6.45, 7) is 1.77. The molecular formula is C10H9ClFN3. The number of nitrogen functional groups attached to an aromatic ring is 1. The normalized spacial score (nSPS) is 10.7. The fraction of sp³-hybridized carbons (Fsp3) is 0.100. The zero-order chi connectivity index (χ0) is 11.0. The van der Waals surface area contributed by atoms with Gasteiger partial charge in [0.15, 0.2) is 5.82 Å². The van der Waals surface area contributed by atoms with Crippen LogP contribution in [-0.2, 0) is 0 Å². The zero-order valence-electron chi connectivity index (χ0n) is 8.01. The van der Waals surface area contributed by atoms with E-state index in [9.17, 15) is 4.39 Å². The number of rotatable bonds is 1. The molecule has 0 unspecified atom stereocenters. The SMILES string of the molecule is Cc1cc(NN)c2cc(Cl)cc(F)c2n1. The second-order valence-electron chi connectivity index (χ2n) is 3.24. The van der Waals surface area contributed by atoms with Crippen LogP contribution in [0.4, 0.5) is 10.1 Å². The Morgan fingerprint density at radius 2 is 2.13 bits per heavy atom. The lowest BCUT2D eigenvalue weighted by Gasteiger charge is -2.07. The Labute approximate surface area is 91.0 Å². The summed E-state index contributed by atoms with van der Waals surface area (Å²) >= 11 is 5.76. The van der Waals surface area contributed by atoms with Crippen molar-refractivity contribution < 1.29 is 4.39 Å². The van der Waals surface area contributed by atoms with E-state index in [-0.39, 0.29) is 5.52 Å². The van der Waals surface area contributed by atoms with Gasteiger partial charge in [-0.3, -0.25) is 5.84 Å². The highest BCUT2D eigenvalue weighted by Crippen LogP contribution is 2.27. The van der Waals surface area contributed by atoms with E-state index in [1.807, 2.05) is 0 Å². The summed E-state index contributed by atoms with van der Waals surface area (Å²) in [4.78, 5) is 4.10. The lowest BCUT2D eigenvalue weighted by Crippen LogP contribution is -2.08. The molecule has 0 radical (unpaired) electrons. The van der Waals surface area contributed by atoms with Crippen molar-refractivity contribution in [3.8, 4) is 0 Å². The summed E-state index contributed by atoms with van der Waals surface area (Å²) in [5.41, 5.74) is 4.07. The number of hydrogen-bond donors (Lipinski definition) is 2. The van der Waals surface area contributed by atoms with Gasteiger partial charge >= 0.3 is 0 Å². The molecule has 1 heterocycles. The average Bonchev–Trinajstić information content (AvgIpc) is 2.18. The largest absolute Gasteiger partial charge is 0.323 e. The van der Waals surface area contributed by atoms with Gasteiger partial charge in [0.2, 0.25) is 0 Å². The number of pyridine rings is 1. The van der Waals surface area contributed by atoms with E-state index in [4.69, 9.17) is 17.4 Å². The van der Waals surface area contributed by atoms with Gasteiger partial charge < -0.3 is 5.43 Å². The molecule has 0 saturated heterocycles. The summed E-state index contributed by atoms with van der Waals surface area (Å²) in [5, 5.41) is 0.898. The zero-order valence-corrected chi connectivity index (χ0v) is 8.77. The highest BCUT2D eigenvalue weighted by atomic mass is 35.5. The molecule has 0 aliphatic rings. The number of nitrogens with two attached hydrogens (primary N) is 1. The van der Waals surface area contributed by atoms with Crippen LogP contribution in [0.15, 0.2) is 18.2 Å². The van der Waals surface area contributed by atoms with E-state index in [1.54, 1.807) is 19.1 Å². The number of hydrogen-bond acceptors (Lipinski definition) is 3. The quantitative estimate of drug-likeness (QED) is 0.580. The van der Waals surface area contributed by atoms with Crippen molar-refractivity contribution in [1.82, 2.24) is 4.98 Å². The van der Waals surface area contributed by atoms with E-state index >= 15 is 0 Å². The van der Waals surface area contributed by atoms with Gasteiger partial charge in [-0.15, -0.1) is 0 Å². The summed E-state index contributed by atoms with van der Waals surface area (Å²) in [5.74, 6) is 4.90. The molecule has 0 amide bonds. The first kappa shape index (κ1) is 10.1. The van der Waals surface area contributed by atoms with Crippen molar-refractivity contribution in [3.63, 3.8) is 0 Å². The standard InChI is InChI=1S/C10H9ClFN3/c1-5-2-9(15-13)7-3-6(11)4-8(12)10(7)14-5/h2-4H,13H2,1H3,(H,14,15). The van der Waals surface area contributed by atoms with Crippen molar-refractivity contribution >= 4 is 28.2 Å². The topological polar surface area (TPSA) is 50.9 Å². The van der Waals surface area contributed by atoms with Gasteiger partial charge in [-0.2, -0.15) is 0 Å². The van der Waals surface area contributed by atoms with Crippen LogP contribution in [0.25, 0.3) is 10.9 Å². The minimum Gasteiger partial charge on any atom is -0.323 e. The molecule has 3 N–H and O–H groups in total. The second-order valence-corrected chi connectivity index (χ2v) is 3.68. The number of benzene rings is 1. The second kappa shape index (κ2) is 3.64. The summed E-state index contributed by atoms with van der Waals surface area (Å²) in [7, 11) is 0. The maximum absolute atomic E-state index is 13.5. The van der Waals surface area contributed by atoms with E-state index in [0.717, 1.165) is 0 Å². The molecular weight excluding hydrogens is 217 g/mol. The fourth-order valence-corrected chi connectivity index (χ4v) is 1.70. The van der Waals surface area contributed by atoms with Gasteiger partial charge in [0, 0.05) is 16.1 Å². The van der Waals surface area contributed by atoms with Crippen molar-refractivity contribution in [2.24, 2.45) is 5.84 Å². The van der Waals surface area contributed by atoms with Gasteiger partial charge in [0.05, 0.1) is 5.69 Å². The molecule has 5 heteroatoms. The van der Waals surface area contributed by atoms with Crippen molar-refractivity contribution in [3.05, 3.63) is 34.7 Å². The molecule has 1 aromatic carbocycles. The molecule has 15 heavy (non-hydrogen) atoms. The Kier molecular flexibility index (Phi) is 2.46. The average molecular weight is 226 g/mol. The highest BCUT2D eigenvalue weighted by Gasteiger charge is 2.08. The van der Waals surface area contributed by atoms with E-state index in [0.29, 0.717) is 21.8 Å². The molecule has 2 rings (SSSR count). The number of halogens is 2. The molecule has 1 aromatic heterocycles. The molecule has 0 bridgehead atoms. The first-order valence-electron chi connectivity index (χ1n) is 4.35. The third kappa shape index (κ3) is 1.73. The van der Waals surface area contributed by atoms with Crippen LogP contribution in [0.5, 0.6) is 0 Å². The summed E-state index contributed by atoms with van der Waals surface area (Å²) in [6.07, 6.45) is 0. The van der Waals surface area contributed by atoms with Crippen LogP contribution in [0, 0.1) is 12.7 Å². The molecule has 0 aliphatic carbocycles. The Balaban J connectivity index is 2.89. The Morgan fingerprint density at radius 3 is 2.80 bits per heavy atom. The van der Waals surface area contributed by atoms with Crippen molar-refractivity contribution in [2.75, 3.05) is 5.43 Å². The maximum atomic E-state index is 13.5. The first-order chi connectivity index (χ1) is 7.11. The number of fused-ring (bicyclic) bond motifs is 1. The van der Waals surface area contributed by atoms with Crippen LogP contribution >= 0.6 is 11.6 Å². The number of aromatic nitrogens is 1. The smallest absolute Gasteiger partial charge is 0.150 e. The molecule has 0 fully saturated rings. The molecule has 0 saturated carbocycles. The molecule has 78 valence electrons. The lowest BCUT2D eigenvalue weighted by atomic mass is 10.1. The predicted octanol–water partition coefficient (Wildman–Crippen LogP) is 2.62. The maximum Gasteiger partial charge on any atom is 0.150 e. The molecule has 3 nitrogen and oxygen atoms in total. The molecule has 0 aliphatic heterocycles. The molecule has 0 spiro atoms. The van der Waals surface area contributed by atoms with Gasteiger partial charge in [0.1, 0.15) is 5.52 Å². The van der Waals surface area contributed by atoms with Crippen LogP contribution in [0.3, 0.4) is 0 Å². The predicted molar refractivity (Wildman–Crippen MR) is 59.3 cm³/mol. The number of aryl methyl sites for hydroxylation is 1. The lowest BCUT2D eigenvalue weighted by molar-refractivity contribution is 0.636. The van der Waals surface area contributed by atoms with Gasteiger partial charge in [0.25, 0.3) is 0 Å². The Morgan fingerprint density at radius 1 is 1.40 bits per heavy atom. The highest BCUT2D eigenvalue weighted by molar-refractivity contribution is 6.31. The van der Waals surface area contributed by atoms with Crippen molar-refractivity contribution in [1.29, 1.82) is 0 Å². The van der Waals surface area contributed by atoms with E-state index < -0.39 is 5.82 Å². The minimum atomic E-state index is -0.447. The third-order valence-corrected chi connectivity index (χ3v) is 2.33. The van der Waals surface area contributed by atoms with Gasteiger partial charge in [-0.1, -0.05) is 11.6 Å². The summed E-state index contributed by atoms with van der Waals surface area (Å²) in [6, 6.07) is 4.59. The van der Waals surface area contributed by atoms with Crippen LogP contribution in [0.1, 0.15) is 5.69 Å². The summed E-state index contributed by atoms with van der Waals surface area (Å²) < 4.78 is 13.5. The number of nitrogens with one attached hydrogen (secondary N) is 1. The van der Waals surface area contributed by atoms with Crippen molar-refractivity contribution in [2.45, 2.75) is 6.92 Å². The number of nitrogens with zero attached hydrogens (tertiary/aromatic N) is 1. The van der Waals surface area contributed by atoms with Gasteiger partial charge in [-0.25, -0.2) is 9.37 Å². The van der Waals surface area contributed by atoms with Crippen LogP contribution < -0.4 is 11.3 Å². The van der Waals surface area contributed by atoms with E-state index in [2.05, 4.69) is 10.4 Å². The van der Waals surface area contributed by atoms with Gasteiger partial charge in [-0.05, 0) is 25.1 Å². The third-order valence-electron chi connectivity index (χ3n) is 2.12. The minimum absolute atomic E-state index is 0.271. The van der Waals surface area contributed by atoms with E-state index in [1.165, 1.54) is 6.07 Å². The van der Waals surface area contributed by atoms with Crippen LogP contribution in [-0.4, -0.2) is 4.98 Å². The Hall–Kier alpha value is -1.39. The monoisotopic (exact) mass is 225 g/mol.